The van der Waals surface area contributed by atoms with Crippen molar-refractivity contribution in [1.29, 1.82) is 0 Å². The molecule has 16 heavy (non-hydrogen) atoms. The van der Waals surface area contributed by atoms with E-state index >= 15 is 0 Å². The predicted octanol–water partition coefficient (Wildman–Crippen LogP) is 2.61. The number of halogens is 1. The quantitative estimate of drug-likeness (QED) is 0.866. The second-order valence-electron chi connectivity index (χ2n) is 3.67. The van der Waals surface area contributed by atoms with Gasteiger partial charge in [0.15, 0.2) is 5.78 Å². The first kappa shape index (κ1) is 13.2. The summed E-state index contributed by atoms with van der Waals surface area (Å²) in [7, 11) is 1.56. The molecule has 0 aliphatic heterocycles. The molecule has 0 bridgehead atoms. The van der Waals surface area contributed by atoms with Crippen molar-refractivity contribution in [1.82, 2.24) is 0 Å². The molecular weight excluding hydrogens is 270 g/mol. The highest BCUT2D eigenvalue weighted by atomic mass is 79.9. The highest BCUT2D eigenvalue weighted by molar-refractivity contribution is 9.10. The number of rotatable bonds is 4. The number of ether oxygens (including phenoxy) is 1. The smallest absolute Gasteiger partial charge is 0.168 e. The average Bonchev–Trinajstić information content (AvgIpc) is 2.23. The molecule has 0 saturated heterocycles. The number of methoxy groups -OCH3 is 1. The molecule has 0 saturated carbocycles. The van der Waals surface area contributed by atoms with E-state index in [1.165, 1.54) is 0 Å². The van der Waals surface area contributed by atoms with Gasteiger partial charge in [-0.25, -0.2) is 0 Å². The lowest BCUT2D eigenvalue weighted by Gasteiger charge is -2.14. The minimum Gasteiger partial charge on any atom is -0.495 e. The number of aryl methyl sites for hydroxylation is 1. The maximum absolute atomic E-state index is 12.0. The van der Waals surface area contributed by atoms with Crippen molar-refractivity contribution in [3.63, 3.8) is 0 Å². The van der Waals surface area contributed by atoms with Crippen LogP contribution in [0.3, 0.4) is 0 Å². The van der Waals surface area contributed by atoms with Crippen molar-refractivity contribution in [3.05, 3.63) is 27.2 Å². The number of carbonyl (C=O) groups is 1. The summed E-state index contributed by atoms with van der Waals surface area (Å²) in [5, 5.41) is 0. The second kappa shape index (κ2) is 5.46. The van der Waals surface area contributed by atoms with E-state index in [1.54, 1.807) is 7.11 Å². The molecule has 0 aliphatic rings. The fraction of sp³-hybridized carbons (Fsp3) is 0.417. The van der Waals surface area contributed by atoms with Crippen LogP contribution < -0.4 is 10.5 Å². The van der Waals surface area contributed by atoms with E-state index in [2.05, 4.69) is 15.9 Å². The van der Waals surface area contributed by atoms with Crippen molar-refractivity contribution in [3.8, 4) is 5.75 Å². The first-order valence-corrected chi connectivity index (χ1v) is 5.89. The van der Waals surface area contributed by atoms with Gasteiger partial charge in [0.1, 0.15) is 5.75 Å². The summed E-state index contributed by atoms with van der Waals surface area (Å²) in [6.07, 6.45) is 0.340. The Morgan fingerprint density at radius 1 is 1.50 bits per heavy atom. The van der Waals surface area contributed by atoms with E-state index in [9.17, 15) is 4.79 Å². The average molecular weight is 286 g/mol. The lowest BCUT2D eigenvalue weighted by Crippen LogP contribution is -2.12. The molecule has 88 valence electrons. The van der Waals surface area contributed by atoms with Gasteiger partial charge >= 0.3 is 0 Å². The van der Waals surface area contributed by atoms with Crippen LogP contribution in [0.2, 0.25) is 0 Å². The Labute approximate surface area is 104 Å². The van der Waals surface area contributed by atoms with Gasteiger partial charge in [-0.2, -0.15) is 0 Å². The highest BCUT2D eigenvalue weighted by Crippen LogP contribution is 2.34. The maximum Gasteiger partial charge on any atom is 0.168 e. The third-order valence-corrected chi connectivity index (χ3v) is 3.20. The van der Waals surface area contributed by atoms with E-state index in [-0.39, 0.29) is 5.78 Å². The van der Waals surface area contributed by atoms with Gasteiger partial charge in [-0.1, -0.05) is 0 Å². The standard InChI is InChI=1S/C12H16BrNO2/c1-7-6-9(13)12(16-3)11(8(7)2)10(15)4-5-14/h6H,4-5,14H2,1-3H3. The molecule has 0 aliphatic carbocycles. The zero-order chi connectivity index (χ0) is 12.3. The summed E-state index contributed by atoms with van der Waals surface area (Å²) in [6, 6.07) is 1.95. The normalized spacial score (nSPS) is 10.3. The lowest BCUT2D eigenvalue weighted by molar-refractivity contribution is 0.0981. The van der Waals surface area contributed by atoms with Crippen LogP contribution in [0.1, 0.15) is 27.9 Å². The van der Waals surface area contributed by atoms with Crippen molar-refractivity contribution in [2.75, 3.05) is 13.7 Å². The molecule has 0 spiro atoms. The summed E-state index contributed by atoms with van der Waals surface area (Å²) >= 11 is 3.40. The number of benzene rings is 1. The molecule has 0 atom stereocenters. The van der Waals surface area contributed by atoms with Crippen molar-refractivity contribution < 1.29 is 9.53 Å². The molecule has 3 nitrogen and oxygen atoms in total. The third-order valence-electron chi connectivity index (χ3n) is 2.61. The fourth-order valence-electron chi connectivity index (χ4n) is 1.64. The first-order valence-electron chi connectivity index (χ1n) is 5.09. The molecular formula is C12H16BrNO2. The minimum atomic E-state index is 0.0289. The van der Waals surface area contributed by atoms with E-state index in [4.69, 9.17) is 10.5 Å². The zero-order valence-electron chi connectivity index (χ0n) is 9.76. The Bertz CT molecular complexity index is 416. The fourth-order valence-corrected chi connectivity index (χ4v) is 2.35. The summed E-state index contributed by atoms with van der Waals surface area (Å²) in [4.78, 5) is 12.0. The van der Waals surface area contributed by atoms with Gasteiger partial charge in [-0.05, 0) is 53.5 Å². The molecule has 0 amide bonds. The van der Waals surface area contributed by atoms with Crippen LogP contribution in [-0.2, 0) is 0 Å². The Balaban J connectivity index is 3.38. The monoisotopic (exact) mass is 285 g/mol. The number of ketones is 1. The molecule has 0 unspecified atom stereocenters. The number of hydrogen-bond donors (Lipinski definition) is 1. The van der Waals surface area contributed by atoms with Crippen LogP contribution in [0.25, 0.3) is 0 Å². The van der Waals surface area contributed by atoms with E-state index in [0.717, 1.165) is 15.6 Å². The largest absolute Gasteiger partial charge is 0.495 e. The molecule has 1 aromatic carbocycles. The SMILES string of the molecule is COc1c(Br)cc(C)c(C)c1C(=O)CCN. The van der Waals surface area contributed by atoms with Crippen LogP contribution in [0.15, 0.2) is 10.5 Å². The summed E-state index contributed by atoms with van der Waals surface area (Å²) < 4.78 is 6.08. The lowest BCUT2D eigenvalue weighted by atomic mass is 9.97. The Hall–Kier alpha value is -0.870. The Kier molecular flexibility index (Phi) is 4.50. The van der Waals surface area contributed by atoms with Crippen molar-refractivity contribution in [2.24, 2.45) is 5.73 Å². The van der Waals surface area contributed by atoms with E-state index in [0.29, 0.717) is 24.3 Å². The second-order valence-corrected chi connectivity index (χ2v) is 4.52. The molecule has 0 heterocycles. The van der Waals surface area contributed by atoms with Crippen LogP contribution in [0, 0.1) is 13.8 Å². The molecule has 0 fully saturated rings. The number of carbonyl (C=O) groups excluding carboxylic acids is 1. The number of hydrogen-bond acceptors (Lipinski definition) is 3. The molecule has 1 rings (SSSR count). The van der Waals surface area contributed by atoms with Gasteiger partial charge < -0.3 is 10.5 Å². The van der Waals surface area contributed by atoms with Crippen molar-refractivity contribution in [2.45, 2.75) is 20.3 Å². The molecule has 0 radical (unpaired) electrons. The summed E-state index contributed by atoms with van der Waals surface area (Å²) in [5.41, 5.74) is 8.07. The van der Waals surface area contributed by atoms with Gasteiger partial charge in [0.05, 0.1) is 17.1 Å². The van der Waals surface area contributed by atoms with Crippen LogP contribution >= 0.6 is 15.9 Å². The molecule has 4 heteroatoms. The van der Waals surface area contributed by atoms with Gasteiger partial charge in [-0.3, -0.25) is 4.79 Å². The van der Waals surface area contributed by atoms with E-state index in [1.807, 2.05) is 19.9 Å². The molecule has 1 aromatic rings. The van der Waals surface area contributed by atoms with Gasteiger partial charge in [0, 0.05) is 6.42 Å². The number of nitrogens with two attached hydrogens (primary N) is 1. The van der Waals surface area contributed by atoms with Gasteiger partial charge in [-0.15, -0.1) is 0 Å². The van der Waals surface area contributed by atoms with Gasteiger partial charge in [0.25, 0.3) is 0 Å². The summed E-state index contributed by atoms with van der Waals surface area (Å²) in [5.74, 6) is 0.628. The zero-order valence-corrected chi connectivity index (χ0v) is 11.3. The maximum atomic E-state index is 12.0. The van der Waals surface area contributed by atoms with Crippen molar-refractivity contribution >= 4 is 21.7 Å². The Morgan fingerprint density at radius 3 is 2.62 bits per heavy atom. The summed E-state index contributed by atoms with van der Waals surface area (Å²) in [6.45, 7) is 4.25. The van der Waals surface area contributed by atoms with Crippen LogP contribution in [0.5, 0.6) is 5.75 Å². The Morgan fingerprint density at radius 2 is 2.12 bits per heavy atom. The predicted molar refractivity (Wildman–Crippen MR) is 68.2 cm³/mol. The highest BCUT2D eigenvalue weighted by Gasteiger charge is 2.18. The van der Waals surface area contributed by atoms with Crippen LogP contribution in [-0.4, -0.2) is 19.4 Å². The van der Waals surface area contributed by atoms with Crippen LogP contribution in [0.4, 0.5) is 0 Å². The molecule has 0 aromatic heterocycles. The first-order chi connectivity index (χ1) is 7.52. The topological polar surface area (TPSA) is 52.3 Å². The van der Waals surface area contributed by atoms with Gasteiger partial charge in [0.2, 0.25) is 0 Å². The van der Waals surface area contributed by atoms with E-state index < -0.39 is 0 Å². The minimum absolute atomic E-state index is 0.0289. The third kappa shape index (κ3) is 2.44. The number of Topliss-reactive ketones (excluding diaryl/α,β-unsaturated/α-hetero) is 1. The molecule has 2 N–H and O–H groups in total.